The molecule has 0 heterocycles. The molecule has 4 heteroatoms. The number of ether oxygens (including phenoxy) is 2. The molecule has 1 aliphatic carbocycles. The summed E-state index contributed by atoms with van der Waals surface area (Å²) in [6.45, 7) is 2.03. The number of aliphatic hydroxyl groups excluding tert-OH is 1. The standard InChI is InChI=1S/C16H25NO3/c1-11(17-13-6-4-5-7-13)16(18)12-8-9-14(19-2)15(10-12)20-3/h8-11,13,16-18H,4-7H2,1-3H3. The smallest absolute Gasteiger partial charge is 0.161 e. The van der Waals surface area contributed by atoms with Gasteiger partial charge in [0.25, 0.3) is 0 Å². The Morgan fingerprint density at radius 3 is 2.40 bits per heavy atom. The zero-order valence-corrected chi connectivity index (χ0v) is 12.6. The highest BCUT2D eigenvalue weighted by atomic mass is 16.5. The van der Waals surface area contributed by atoms with Crippen molar-refractivity contribution in [2.24, 2.45) is 0 Å². The third-order valence-electron chi connectivity index (χ3n) is 4.08. The molecule has 2 unspecified atom stereocenters. The minimum Gasteiger partial charge on any atom is -0.493 e. The summed E-state index contributed by atoms with van der Waals surface area (Å²) in [7, 11) is 3.21. The molecule has 0 aromatic heterocycles. The van der Waals surface area contributed by atoms with Gasteiger partial charge in [0.15, 0.2) is 11.5 Å². The summed E-state index contributed by atoms with van der Waals surface area (Å²) < 4.78 is 10.5. The predicted molar refractivity (Wildman–Crippen MR) is 79.4 cm³/mol. The Bertz CT molecular complexity index is 430. The van der Waals surface area contributed by atoms with Crippen molar-refractivity contribution in [3.63, 3.8) is 0 Å². The number of aliphatic hydroxyl groups is 1. The third-order valence-corrected chi connectivity index (χ3v) is 4.08. The Labute approximate surface area is 121 Å². The first-order valence-electron chi connectivity index (χ1n) is 7.31. The molecule has 0 amide bonds. The first-order chi connectivity index (χ1) is 9.65. The van der Waals surface area contributed by atoms with Crippen molar-refractivity contribution in [2.75, 3.05) is 14.2 Å². The molecule has 1 saturated carbocycles. The molecule has 112 valence electrons. The Balaban J connectivity index is 2.05. The van der Waals surface area contributed by atoms with Crippen LogP contribution < -0.4 is 14.8 Å². The van der Waals surface area contributed by atoms with E-state index < -0.39 is 6.10 Å². The van der Waals surface area contributed by atoms with E-state index in [4.69, 9.17) is 9.47 Å². The van der Waals surface area contributed by atoms with Gasteiger partial charge in [-0.3, -0.25) is 0 Å². The molecule has 0 radical (unpaired) electrons. The summed E-state index contributed by atoms with van der Waals surface area (Å²) in [6.07, 6.45) is 4.45. The predicted octanol–water partition coefficient (Wildman–Crippen LogP) is 2.66. The monoisotopic (exact) mass is 279 g/mol. The maximum Gasteiger partial charge on any atom is 0.161 e. The Hall–Kier alpha value is -1.26. The summed E-state index contributed by atoms with van der Waals surface area (Å²) in [5, 5.41) is 14.0. The Morgan fingerprint density at radius 2 is 1.80 bits per heavy atom. The van der Waals surface area contributed by atoms with Crippen LogP contribution >= 0.6 is 0 Å². The van der Waals surface area contributed by atoms with E-state index in [1.54, 1.807) is 14.2 Å². The molecule has 0 bridgehead atoms. The van der Waals surface area contributed by atoms with Gasteiger partial charge in [0, 0.05) is 12.1 Å². The number of methoxy groups -OCH3 is 2. The first-order valence-corrected chi connectivity index (χ1v) is 7.31. The van der Waals surface area contributed by atoms with Crippen LogP contribution in [0, 0.1) is 0 Å². The fourth-order valence-corrected chi connectivity index (χ4v) is 2.88. The lowest BCUT2D eigenvalue weighted by Crippen LogP contribution is -2.38. The molecule has 1 aromatic rings. The molecule has 2 rings (SSSR count). The highest BCUT2D eigenvalue weighted by Crippen LogP contribution is 2.31. The lowest BCUT2D eigenvalue weighted by Gasteiger charge is -2.24. The molecule has 1 aliphatic rings. The van der Waals surface area contributed by atoms with Gasteiger partial charge in [-0.1, -0.05) is 18.9 Å². The van der Waals surface area contributed by atoms with E-state index in [0.717, 1.165) is 5.56 Å². The summed E-state index contributed by atoms with van der Waals surface area (Å²) in [5.41, 5.74) is 0.848. The van der Waals surface area contributed by atoms with Crippen LogP contribution in [-0.2, 0) is 0 Å². The molecule has 0 aliphatic heterocycles. The molecule has 0 saturated heterocycles. The zero-order valence-electron chi connectivity index (χ0n) is 12.6. The summed E-state index contributed by atoms with van der Waals surface area (Å²) in [6, 6.07) is 6.13. The maximum absolute atomic E-state index is 10.5. The SMILES string of the molecule is COc1ccc(C(O)C(C)NC2CCCC2)cc1OC. The van der Waals surface area contributed by atoms with Crippen molar-refractivity contribution < 1.29 is 14.6 Å². The molecule has 1 aromatic carbocycles. The molecule has 20 heavy (non-hydrogen) atoms. The molecule has 2 N–H and O–H groups in total. The summed E-state index contributed by atoms with van der Waals surface area (Å²) >= 11 is 0. The quantitative estimate of drug-likeness (QED) is 0.840. The van der Waals surface area contributed by atoms with Crippen molar-refractivity contribution in [3.05, 3.63) is 23.8 Å². The fraction of sp³-hybridized carbons (Fsp3) is 0.625. The highest BCUT2D eigenvalue weighted by Gasteiger charge is 2.23. The lowest BCUT2D eigenvalue weighted by atomic mass is 10.0. The van der Waals surface area contributed by atoms with Gasteiger partial charge >= 0.3 is 0 Å². The van der Waals surface area contributed by atoms with Crippen LogP contribution in [0.25, 0.3) is 0 Å². The van der Waals surface area contributed by atoms with Crippen molar-refractivity contribution in [3.8, 4) is 11.5 Å². The van der Waals surface area contributed by atoms with E-state index in [1.807, 2.05) is 25.1 Å². The number of hydrogen-bond donors (Lipinski definition) is 2. The van der Waals surface area contributed by atoms with Gasteiger partial charge in [0.05, 0.1) is 20.3 Å². The van der Waals surface area contributed by atoms with E-state index in [2.05, 4.69) is 5.32 Å². The van der Waals surface area contributed by atoms with Crippen molar-refractivity contribution in [2.45, 2.75) is 50.8 Å². The zero-order chi connectivity index (χ0) is 14.5. The van der Waals surface area contributed by atoms with Gasteiger partial charge in [-0.05, 0) is 37.5 Å². The van der Waals surface area contributed by atoms with Crippen LogP contribution in [0.1, 0.15) is 44.3 Å². The van der Waals surface area contributed by atoms with Crippen molar-refractivity contribution in [1.82, 2.24) is 5.32 Å². The molecule has 1 fully saturated rings. The minimum absolute atomic E-state index is 0.0243. The molecular formula is C16H25NO3. The van der Waals surface area contributed by atoms with Gasteiger partial charge in [0.2, 0.25) is 0 Å². The Morgan fingerprint density at radius 1 is 1.15 bits per heavy atom. The summed E-state index contributed by atoms with van der Waals surface area (Å²) in [5.74, 6) is 1.33. The largest absolute Gasteiger partial charge is 0.493 e. The van der Waals surface area contributed by atoms with E-state index in [-0.39, 0.29) is 6.04 Å². The second kappa shape index (κ2) is 6.95. The van der Waals surface area contributed by atoms with Gasteiger partial charge < -0.3 is 19.9 Å². The van der Waals surface area contributed by atoms with Crippen LogP contribution in [0.4, 0.5) is 0 Å². The van der Waals surface area contributed by atoms with E-state index in [0.29, 0.717) is 17.5 Å². The van der Waals surface area contributed by atoms with Gasteiger partial charge in [0.1, 0.15) is 0 Å². The van der Waals surface area contributed by atoms with Crippen molar-refractivity contribution >= 4 is 0 Å². The van der Waals surface area contributed by atoms with E-state index in [9.17, 15) is 5.11 Å². The first kappa shape index (κ1) is 15.1. The lowest BCUT2D eigenvalue weighted by molar-refractivity contribution is 0.129. The number of nitrogens with one attached hydrogen (secondary N) is 1. The number of hydrogen-bond acceptors (Lipinski definition) is 4. The van der Waals surface area contributed by atoms with Gasteiger partial charge in [-0.25, -0.2) is 0 Å². The van der Waals surface area contributed by atoms with Crippen LogP contribution in [0.2, 0.25) is 0 Å². The van der Waals surface area contributed by atoms with Crippen LogP contribution in [0.5, 0.6) is 11.5 Å². The molecule has 2 atom stereocenters. The maximum atomic E-state index is 10.5. The van der Waals surface area contributed by atoms with Gasteiger partial charge in [-0.15, -0.1) is 0 Å². The molecule has 4 nitrogen and oxygen atoms in total. The van der Waals surface area contributed by atoms with Crippen LogP contribution in [0.3, 0.4) is 0 Å². The van der Waals surface area contributed by atoms with Crippen LogP contribution in [-0.4, -0.2) is 31.4 Å². The average molecular weight is 279 g/mol. The second-order valence-electron chi connectivity index (χ2n) is 5.50. The fourth-order valence-electron chi connectivity index (χ4n) is 2.88. The summed E-state index contributed by atoms with van der Waals surface area (Å²) in [4.78, 5) is 0. The second-order valence-corrected chi connectivity index (χ2v) is 5.50. The Kier molecular flexibility index (Phi) is 5.26. The topological polar surface area (TPSA) is 50.7 Å². The third kappa shape index (κ3) is 3.44. The highest BCUT2D eigenvalue weighted by molar-refractivity contribution is 5.43. The van der Waals surface area contributed by atoms with E-state index >= 15 is 0 Å². The van der Waals surface area contributed by atoms with Crippen molar-refractivity contribution in [1.29, 1.82) is 0 Å². The van der Waals surface area contributed by atoms with Crippen LogP contribution in [0.15, 0.2) is 18.2 Å². The average Bonchev–Trinajstić information content (AvgIpc) is 2.98. The number of benzene rings is 1. The van der Waals surface area contributed by atoms with Gasteiger partial charge in [-0.2, -0.15) is 0 Å². The molecule has 0 spiro atoms. The molecular weight excluding hydrogens is 254 g/mol. The minimum atomic E-state index is -0.546. The normalized spacial score (nSPS) is 18.8. The number of rotatable bonds is 6. The van der Waals surface area contributed by atoms with E-state index in [1.165, 1.54) is 25.7 Å².